The van der Waals surface area contributed by atoms with E-state index in [1.807, 2.05) is 11.8 Å². The molecule has 3 aromatic rings. The highest BCUT2D eigenvalue weighted by Gasteiger charge is 2.14. The van der Waals surface area contributed by atoms with Gasteiger partial charge < -0.3 is 10.6 Å². The van der Waals surface area contributed by atoms with Crippen LogP contribution < -0.4 is 10.6 Å². The molecule has 0 saturated carbocycles. The van der Waals surface area contributed by atoms with Crippen LogP contribution in [-0.4, -0.2) is 37.7 Å². The number of aryl methyl sites for hydroxylation is 1. The Morgan fingerprint density at radius 1 is 0.719 bits per heavy atom. The molecule has 3 aromatic carbocycles. The SMILES string of the molecule is CSCCC(CNCCC(c1ccccc1)c1ccccc1)NCCCc1ccccc1. The van der Waals surface area contributed by atoms with Crippen LogP contribution in [0.5, 0.6) is 0 Å². The van der Waals surface area contributed by atoms with Crippen molar-refractivity contribution in [1.29, 1.82) is 0 Å². The third kappa shape index (κ3) is 8.82. The van der Waals surface area contributed by atoms with Crippen molar-refractivity contribution < 1.29 is 0 Å². The van der Waals surface area contributed by atoms with Gasteiger partial charge >= 0.3 is 0 Å². The lowest BCUT2D eigenvalue weighted by molar-refractivity contribution is 0.455. The lowest BCUT2D eigenvalue weighted by atomic mass is 9.88. The van der Waals surface area contributed by atoms with Crippen molar-refractivity contribution in [3.63, 3.8) is 0 Å². The van der Waals surface area contributed by atoms with Crippen LogP contribution in [0.4, 0.5) is 0 Å². The van der Waals surface area contributed by atoms with Crippen LogP contribution >= 0.6 is 11.8 Å². The molecule has 2 nitrogen and oxygen atoms in total. The standard InChI is InChI=1S/C29H38N2S/c1-32-23-20-28(31-21-11-14-25-12-5-2-6-13-25)24-30-22-19-29(26-15-7-3-8-16-26)27-17-9-4-10-18-27/h2-10,12-13,15-18,28-31H,11,14,19-24H2,1H3. The highest BCUT2D eigenvalue weighted by Crippen LogP contribution is 2.27. The molecule has 0 aliphatic rings. The molecule has 0 heterocycles. The molecule has 32 heavy (non-hydrogen) atoms. The predicted molar refractivity (Wildman–Crippen MR) is 142 cm³/mol. The first-order valence-electron chi connectivity index (χ1n) is 11.9. The van der Waals surface area contributed by atoms with Gasteiger partial charge in [-0.1, -0.05) is 91.0 Å². The van der Waals surface area contributed by atoms with Crippen LogP contribution in [0, 0.1) is 0 Å². The molecule has 0 bridgehead atoms. The molecule has 0 amide bonds. The number of hydrogen-bond acceptors (Lipinski definition) is 3. The van der Waals surface area contributed by atoms with E-state index < -0.39 is 0 Å². The van der Waals surface area contributed by atoms with Crippen LogP contribution in [0.15, 0.2) is 91.0 Å². The van der Waals surface area contributed by atoms with E-state index >= 15 is 0 Å². The second kappa shape index (κ2) is 14.9. The molecule has 0 aliphatic carbocycles. The number of hydrogen-bond donors (Lipinski definition) is 2. The molecule has 0 aromatic heterocycles. The Morgan fingerprint density at radius 2 is 1.31 bits per heavy atom. The Balaban J connectivity index is 1.45. The van der Waals surface area contributed by atoms with Gasteiger partial charge in [-0.05, 0) is 67.5 Å². The number of rotatable bonds is 15. The Bertz CT molecular complexity index is 799. The van der Waals surface area contributed by atoms with Crippen LogP contribution in [0.3, 0.4) is 0 Å². The molecule has 0 aliphatic heterocycles. The second-order valence-electron chi connectivity index (χ2n) is 8.39. The summed E-state index contributed by atoms with van der Waals surface area (Å²) in [6.07, 6.45) is 6.85. The first kappa shape index (κ1) is 24.6. The van der Waals surface area contributed by atoms with E-state index in [0.717, 1.165) is 32.5 Å². The topological polar surface area (TPSA) is 24.1 Å². The van der Waals surface area contributed by atoms with Gasteiger partial charge in [-0.25, -0.2) is 0 Å². The zero-order chi connectivity index (χ0) is 22.3. The van der Waals surface area contributed by atoms with E-state index in [4.69, 9.17) is 0 Å². The summed E-state index contributed by atoms with van der Waals surface area (Å²) in [7, 11) is 0. The summed E-state index contributed by atoms with van der Waals surface area (Å²) >= 11 is 1.94. The molecule has 3 heteroatoms. The lowest BCUT2D eigenvalue weighted by Crippen LogP contribution is -2.40. The Kier molecular flexibility index (Phi) is 11.4. The number of thioether (sulfide) groups is 1. The quantitative estimate of drug-likeness (QED) is 0.274. The van der Waals surface area contributed by atoms with Gasteiger partial charge in [0.15, 0.2) is 0 Å². The first-order valence-corrected chi connectivity index (χ1v) is 13.3. The molecular formula is C29H38N2S. The highest BCUT2D eigenvalue weighted by atomic mass is 32.2. The molecule has 170 valence electrons. The monoisotopic (exact) mass is 446 g/mol. The van der Waals surface area contributed by atoms with Crippen LogP contribution in [-0.2, 0) is 6.42 Å². The van der Waals surface area contributed by atoms with Gasteiger partial charge in [0.05, 0.1) is 0 Å². The zero-order valence-corrected chi connectivity index (χ0v) is 20.2. The molecule has 3 rings (SSSR count). The summed E-state index contributed by atoms with van der Waals surface area (Å²) in [5, 5.41) is 7.55. The van der Waals surface area contributed by atoms with E-state index in [2.05, 4.69) is 108 Å². The third-order valence-electron chi connectivity index (χ3n) is 5.99. The van der Waals surface area contributed by atoms with Crippen LogP contribution in [0.2, 0.25) is 0 Å². The molecule has 1 unspecified atom stereocenters. The average Bonchev–Trinajstić information content (AvgIpc) is 2.86. The zero-order valence-electron chi connectivity index (χ0n) is 19.4. The summed E-state index contributed by atoms with van der Waals surface area (Å²) in [6.45, 7) is 3.13. The van der Waals surface area contributed by atoms with Gasteiger partial charge in [0, 0.05) is 18.5 Å². The fourth-order valence-electron chi connectivity index (χ4n) is 4.20. The van der Waals surface area contributed by atoms with Gasteiger partial charge in [-0.3, -0.25) is 0 Å². The Morgan fingerprint density at radius 3 is 1.91 bits per heavy atom. The maximum absolute atomic E-state index is 3.80. The maximum atomic E-state index is 3.80. The fraction of sp³-hybridized carbons (Fsp3) is 0.379. The van der Waals surface area contributed by atoms with E-state index in [-0.39, 0.29) is 0 Å². The van der Waals surface area contributed by atoms with Crippen molar-refractivity contribution in [2.75, 3.05) is 31.6 Å². The van der Waals surface area contributed by atoms with E-state index in [1.54, 1.807) is 0 Å². The molecule has 0 spiro atoms. The van der Waals surface area contributed by atoms with Gasteiger partial charge in [-0.15, -0.1) is 0 Å². The largest absolute Gasteiger partial charge is 0.315 e. The minimum absolute atomic E-state index is 0.438. The second-order valence-corrected chi connectivity index (χ2v) is 9.37. The summed E-state index contributed by atoms with van der Waals surface area (Å²) in [5.41, 5.74) is 4.23. The van der Waals surface area contributed by atoms with Crippen molar-refractivity contribution in [2.24, 2.45) is 0 Å². The minimum Gasteiger partial charge on any atom is -0.315 e. The normalized spacial score (nSPS) is 12.2. The number of benzene rings is 3. The van der Waals surface area contributed by atoms with Crippen LogP contribution in [0.1, 0.15) is 41.9 Å². The van der Waals surface area contributed by atoms with E-state index in [1.165, 1.54) is 35.3 Å². The Labute approximate surface area is 199 Å². The summed E-state index contributed by atoms with van der Waals surface area (Å²) in [4.78, 5) is 0. The molecule has 2 N–H and O–H groups in total. The van der Waals surface area contributed by atoms with Crippen molar-refractivity contribution in [3.05, 3.63) is 108 Å². The highest BCUT2D eigenvalue weighted by molar-refractivity contribution is 7.98. The van der Waals surface area contributed by atoms with Crippen LogP contribution in [0.25, 0.3) is 0 Å². The minimum atomic E-state index is 0.438. The maximum Gasteiger partial charge on any atom is 0.0200 e. The van der Waals surface area contributed by atoms with Gasteiger partial charge in [-0.2, -0.15) is 11.8 Å². The van der Waals surface area contributed by atoms with Gasteiger partial charge in [0.25, 0.3) is 0 Å². The van der Waals surface area contributed by atoms with Crippen molar-refractivity contribution in [3.8, 4) is 0 Å². The van der Waals surface area contributed by atoms with Crippen molar-refractivity contribution in [2.45, 2.75) is 37.6 Å². The predicted octanol–water partition coefficient (Wildman–Crippen LogP) is 6.14. The van der Waals surface area contributed by atoms with Gasteiger partial charge in [0.1, 0.15) is 0 Å². The first-order chi connectivity index (χ1) is 15.9. The summed E-state index contributed by atoms with van der Waals surface area (Å²) in [5.74, 6) is 1.64. The molecular weight excluding hydrogens is 408 g/mol. The smallest absolute Gasteiger partial charge is 0.0200 e. The van der Waals surface area contributed by atoms with Crippen molar-refractivity contribution in [1.82, 2.24) is 10.6 Å². The lowest BCUT2D eigenvalue weighted by Gasteiger charge is -2.21. The molecule has 0 saturated heterocycles. The fourth-order valence-corrected chi connectivity index (χ4v) is 4.72. The van der Waals surface area contributed by atoms with E-state index in [0.29, 0.717) is 12.0 Å². The third-order valence-corrected chi connectivity index (χ3v) is 6.64. The van der Waals surface area contributed by atoms with E-state index in [9.17, 15) is 0 Å². The molecule has 0 fully saturated rings. The molecule has 0 radical (unpaired) electrons. The van der Waals surface area contributed by atoms with Crippen molar-refractivity contribution >= 4 is 11.8 Å². The van der Waals surface area contributed by atoms with Gasteiger partial charge in [0.2, 0.25) is 0 Å². The number of nitrogens with one attached hydrogen (secondary N) is 2. The Hall–Kier alpha value is -2.07. The summed E-state index contributed by atoms with van der Waals surface area (Å²) < 4.78 is 0. The summed E-state index contributed by atoms with van der Waals surface area (Å²) in [6, 6.07) is 33.2. The molecule has 1 atom stereocenters. The average molecular weight is 447 g/mol.